The summed E-state index contributed by atoms with van der Waals surface area (Å²) in [6, 6.07) is 13.6. The zero-order chi connectivity index (χ0) is 24.3. The van der Waals surface area contributed by atoms with Crippen molar-refractivity contribution in [1.82, 2.24) is 5.32 Å². The third kappa shape index (κ3) is 6.60. The van der Waals surface area contributed by atoms with Crippen molar-refractivity contribution in [2.45, 2.75) is 96.9 Å². The van der Waals surface area contributed by atoms with Crippen LogP contribution in [0, 0.1) is 5.92 Å². The van der Waals surface area contributed by atoms with Crippen LogP contribution in [0.2, 0.25) is 0 Å². The Hall–Kier alpha value is -1.93. The minimum absolute atomic E-state index is 0.106. The maximum absolute atomic E-state index is 14.1. The minimum atomic E-state index is -0.331. The first-order chi connectivity index (χ1) is 16.6. The Bertz CT molecular complexity index is 898. The van der Waals surface area contributed by atoms with Crippen LogP contribution in [-0.2, 0) is 12.8 Å². The van der Waals surface area contributed by atoms with Crippen molar-refractivity contribution in [2.24, 2.45) is 5.92 Å². The van der Waals surface area contributed by atoms with Gasteiger partial charge in [0.1, 0.15) is 0 Å². The van der Waals surface area contributed by atoms with Crippen LogP contribution in [0.4, 0.5) is 4.39 Å². The highest BCUT2D eigenvalue weighted by Crippen LogP contribution is 2.35. The van der Waals surface area contributed by atoms with Crippen molar-refractivity contribution < 1.29 is 4.39 Å². The summed E-state index contributed by atoms with van der Waals surface area (Å²) in [5.41, 5.74) is 8.15. The molecule has 2 heteroatoms. The second-order valence-corrected chi connectivity index (χ2v) is 10.2. The smallest absolute Gasteiger partial charge is 0.0978 e. The number of hydrogen-bond donors (Lipinski definition) is 1. The Kier molecular flexibility index (Phi) is 10.8. The number of allylic oxidation sites excluding steroid dienone is 1. The number of hydrogen-bond acceptors (Lipinski definition) is 1. The first-order valence-electron chi connectivity index (χ1n) is 13.8. The van der Waals surface area contributed by atoms with E-state index >= 15 is 0 Å². The van der Waals surface area contributed by atoms with Gasteiger partial charge in [0.2, 0.25) is 0 Å². The predicted octanol–water partition coefficient (Wildman–Crippen LogP) is 8.90. The Balaban J connectivity index is 1.78. The van der Waals surface area contributed by atoms with Crippen LogP contribution in [0.15, 0.2) is 42.5 Å². The van der Waals surface area contributed by atoms with Gasteiger partial charge in [-0.05, 0) is 72.0 Å². The molecule has 0 heterocycles. The molecule has 1 nitrogen and oxygen atoms in total. The van der Waals surface area contributed by atoms with Crippen LogP contribution in [0.5, 0.6) is 0 Å². The fourth-order valence-electron chi connectivity index (χ4n) is 5.64. The van der Waals surface area contributed by atoms with Crippen LogP contribution >= 0.6 is 0 Å². The number of aryl methyl sites for hydroxylation is 1. The zero-order valence-corrected chi connectivity index (χ0v) is 22.0. The molecule has 0 fully saturated rings. The molecule has 0 radical (unpaired) electrons. The van der Waals surface area contributed by atoms with Crippen molar-refractivity contribution in [3.05, 3.63) is 64.7 Å². The molecular formula is C32H46FN. The molecule has 1 aliphatic carbocycles. The summed E-state index contributed by atoms with van der Waals surface area (Å²) < 4.78 is 14.1. The molecule has 3 unspecified atom stereocenters. The topological polar surface area (TPSA) is 12.0 Å². The summed E-state index contributed by atoms with van der Waals surface area (Å²) in [7, 11) is 1.96. The number of halogens is 1. The summed E-state index contributed by atoms with van der Waals surface area (Å²) in [4.78, 5) is 0. The van der Waals surface area contributed by atoms with E-state index in [-0.39, 0.29) is 18.6 Å². The van der Waals surface area contributed by atoms with Gasteiger partial charge < -0.3 is 5.32 Å². The summed E-state index contributed by atoms with van der Waals surface area (Å²) in [5, 5.41) is 3.38. The van der Waals surface area contributed by atoms with Gasteiger partial charge in [-0.2, -0.15) is 0 Å². The predicted molar refractivity (Wildman–Crippen MR) is 147 cm³/mol. The molecule has 0 spiro atoms. The molecule has 2 aromatic carbocycles. The van der Waals surface area contributed by atoms with E-state index < -0.39 is 0 Å². The number of unbranched alkanes of at least 4 members (excludes halogenated alkanes) is 5. The summed E-state index contributed by atoms with van der Waals surface area (Å²) >= 11 is 0. The normalized spacial score (nSPS) is 15.7. The molecule has 1 aliphatic rings. The molecule has 0 bridgehead atoms. The highest BCUT2D eigenvalue weighted by Gasteiger charge is 2.26. The van der Waals surface area contributed by atoms with E-state index in [4.69, 9.17) is 0 Å². The van der Waals surface area contributed by atoms with Crippen LogP contribution < -0.4 is 5.32 Å². The first-order valence-corrected chi connectivity index (χ1v) is 13.8. The second kappa shape index (κ2) is 13.8. The summed E-state index contributed by atoms with van der Waals surface area (Å²) in [6.07, 6.45) is 17.2. The molecule has 0 saturated carbocycles. The highest BCUT2D eigenvalue weighted by atomic mass is 19.1. The number of fused-ring (bicyclic) bond motifs is 1. The third-order valence-electron chi connectivity index (χ3n) is 7.93. The van der Waals surface area contributed by atoms with Crippen LogP contribution in [0.25, 0.3) is 17.2 Å². The van der Waals surface area contributed by atoms with Crippen molar-refractivity contribution in [3.63, 3.8) is 0 Å². The van der Waals surface area contributed by atoms with E-state index in [1.807, 2.05) is 7.05 Å². The van der Waals surface area contributed by atoms with Gasteiger partial charge in [0.25, 0.3) is 0 Å². The average molecular weight is 464 g/mol. The SMILES string of the molecule is CCCCCCCCc1ccc(-c2ccc(C(CF)C(NC)C(C)CC)cc2)c2c1C=CCC2. The summed E-state index contributed by atoms with van der Waals surface area (Å²) in [6.45, 7) is 6.34. The Morgan fingerprint density at radius 1 is 0.941 bits per heavy atom. The maximum atomic E-state index is 14.1. The molecule has 3 atom stereocenters. The van der Waals surface area contributed by atoms with Gasteiger partial charge in [-0.3, -0.25) is 4.39 Å². The molecule has 0 aliphatic heterocycles. The van der Waals surface area contributed by atoms with Crippen molar-refractivity contribution >= 4 is 6.08 Å². The number of likely N-dealkylation sites (N-methyl/N-ethyl adjacent to an activating group) is 1. The molecule has 34 heavy (non-hydrogen) atoms. The lowest BCUT2D eigenvalue weighted by Gasteiger charge is -2.30. The van der Waals surface area contributed by atoms with E-state index in [9.17, 15) is 4.39 Å². The standard InChI is InChI=1S/C32H46FN/c1-5-7-8-9-10-11-14-25-21-22-29(30-16-13-12-15-28(25)30)26-17-19-27(20-18-26)31(23-33)32(34-4)24(3)6-2/h12,15,17-22,24,31-32,34H,5-11,13-14,16,23H2,1-4H3. The molecule has 3 rings (SSSR count). The first kappa shape index (κ1) is 26.7. The minimum Gasteiger partial charge on any atom is -0.316 e. The molecular weight excluding hydrogens is 417 g/mol. The second-order valence-electron chi connectivity index (χ2n) is 10.2. The summed E-state index contributed by atoms with van der Waals surface area (Å²) in [5.74, 6) is 0.328. The van der Waals surface area contributed by atoms with Gasteiger partial charge in [0.05, 0.1) is 6.67 Å². The quantitative estimate of drug-likeness (QED) is 0.276. The van der Waals surface area contributed by atoms with Gasteiger partial charge in [0.15, 0.2) is 0 Å². The van der Waals surface area contributed by atoms with Crippen LogP contribution in [0.1, 0.15) is 100 Å². The Morgan fingerprint density at radius 3 is 2.35 bits per heavy atom. The van der Waals surface area contributed by atoms with Gasteiger partial charge in [-0.1, -0.05) is 108 Å². The van der Waals surface area contributed by atoms with Gasteiger partial charge in [-0.25, -0.2) is 0 Å². The van der Waals surface area contributed by atoms with E-state index in [2.05, 4.69) is 74.6 Å². The molecule has 2 aromatic rings. The van der Waals surface area contributed by atoms with Gasteiger partial charge in [-0.15, -0.1) is 0 Å². The van der Waals surface area contributed by atoms with Crippen LogP contribution in [0.3, 0.4) is 0 Å². The lowest BCUT2D eigenvalue weighted by atomic mass is 9.82. The molecule has 0 amide bonds. The fraction of sp³-hybridized carbons (Fsp3) is 0.562. The zero-order valence-electron chi connectivity index (χ0n) is 22.0. The lowest BCUT2D eigenvalue weighted by molar-refractivity contribution is 0.288. The van der Waals surface area contributed by atoms with Gasteiger partial charge >= 0.3 is 0 Å². The third-order valence-corrected chi connectivity index (χ3v) is 7.93. The average Bonchev–Trinajstić information content (AvgIpc) is 2.89. The van der Waals surface area contributed by atoms with Crippen LogP contribution in [-0.4, -0.2) is 19.8 Å². The number of benzene rings is 2. The Labute approximate surface area is 208 Å². The lowest BCUT2D eigenvalue weighted by Crippen LogP contribution is -2.38. The number of nitrogens with one attached hydrogen (secondary N) is 1. The fourth-order valence-corrected chi connectivity index (χ4v) is 5.64. The molecule has 0 saturated heterocycles. The Morgan fingerprint density at radius 2 is 1.68 bits per heavy atom. The highest BCUT2D eigenvalue weighted by molar-refractivity contribution is 5.75. The molecule has 1 N–H and O–H groups in total. The van der Waals surface area contributed by atoms with E-state index in [1.54, 1.807) is 0 Å². The molecule has 0 aromatic heterocycles. The van der Waals surface area contributed by atoms with E-state index in [1.165, 1.54) is 72.8 Å². The number of rotatable bonds is 14. The maximum Gasteiger partial charge on any atom is 0.0978 e. The van der Waals surface area contributed by atoms with E-state index in [0.717, 1.165) is 24.8 Å². The number of alkyl halides is 1. The van der Waals surface area contributed by atoms with Crippen molar-refractivity contribution in [2.75, 3.05) is 13.7 Å². The van der Waals surface area contributed by atoms with Crippen molar-refractivity contribution in [3.8, 4) is 11.1 Å². The van der Waals surface area contributed by atoms with E-state index in [0.29, 0.717) is 5.92 Å². The van der Waals surface area contributed by atoms with Gasteiger partial charge in [0, 0.05) is 12.0 Å². The van der Waals surface area contributed by atoms with Crippen molar-refractivity contribution in [1.29, 1.82) is 0 Å². The largest absolute Gasteiger partial charge is 0.316 e. The molecule has 186 valence electrons. The monoisotopic (exact) mass is 463 g/mol.